The van der Waals surface area contributed by atoms with Crippen LogP contribution in [0.15, 0.2) is 47.0 Å². The standard InChI is InChI=1S/C19H19N5O3S/c1-10-14(17(20)25)15(11-6-4-7-12(26-2)16(11)27-3)24-19(21-10)22-18(23-24)13-8-5-9-28-13/h4-9,15H,1-3H3,(H2,20,25)(H,21,22,23)/t15-/m0/s1. The number of nitrogens with one attached hydrogen (secondary N) is 1. The van der Waals surface area contributed by atoms with Crippen molar-refractivity contribution in [1.29, 1.82) is 0 Å². The number of para-hydroxylation sites is 1. The summed E-state index contributed by atoms with van der Waals surface area (Å²) < 4.78 is 12.7. The summed E-state index contributed by atoms with van der Waals surface area (Å²) >= 11 is 1.54. The Morgan fingerprint density at radius 1 is 1.25 bits per heavy atom. The third kappa shape index (κ3) is 2.80. The van der Waals surface area contributed by atoms with E-state index < -0.39 is 11.9 Å². The molecular weight excluding hydrogens is 378 g/mol. The Hall–Kier alpha value is -3.33. The second-order valence-electron chi connectivity index (χ2n) is 6.19. The number of hydrogen-bond acceptors (Lipinski definition) is 7. The molecule has 28 heavy (non-hydrogen) atoms. The molecule has 1 atom stereocenters. The van der Waals surface area contributed by atoms with E-state index in [4.69, 9.17) is 15.2 Å². The molecule has 0 bridgehead atoms. The predicted molar refractivity (Wildman–Crippen MR) is 107 cm³/mol. The molecule has 0 spiro atoms. The number of nitrogens with two attached hydrogens (primary N) is 1. The monoisotopic (exact) mass is 397 g/mol. The normalized spacial score (nSPS) is 15.8. The average molecular weight is 397 g/mol. The molecule has 9 heteroatoms. The van der Waals surface area contributed by atoms with Gasteiger partial charge in [-0.2, -0.15) is 4.98 Å². The van der Waals surface area contributed by atoms with E-state index in [-0.39, 0.29) is 0 Å². The van der Waals surface area contributed by atoms with Gasteiger partial charge in [-0.25, -0.2) is 4.68 Å². The van der Waals surface area contributed by atoms with Crippen molar-refractivity contribution < 1.29 is 14.3 Å². The van der Waals surface area contributed by atoms with Gasteiger partial charge in [0.15, 0.2) is 17.3 Å². The van der Waals surface area contributed by atoms with E-state index in [0.717, 1.165) is 4.88 Å². The minimum Gasteiger partial charge on any atom is -0.493 e. The van der Waals surface area contributed by atoms with Crippen LogP contribution in [0.3, 0.4) is 0 Å². The number of carbonyl (C=O) groups is 1. The summed E-state index contributed by atoms with van der Waals surface area (Å²) in [6.07, 6.45) is 0. The first-order chi connectivity index (χ1) is 13.5. The van der Waals surface area contributed by atoms with Gasteiger partial charge in [-0.1, -0.05) is 18.2 Å². The lowest BCUT2D eigenvalue weighted by Crippen LogP contribution is -2.32. The Bertz CT molecular complexity index is 1070. The van der Waals surface area contributed by atoms with Gasteiger partial charge in [-0.15, -0.1) is 16.4 Å². The summed E-state index contributed by atoms with van der Waals surface area (Å²) in [7, 11) is 3.12. The van der Waals surface area contributed by atoms with Crippen LogP contribution in [0.4, 0.5) is 5.95 Å². The number of amides is 1. The van der Waals surface area contributed by atoms with Crippen LogP contribution in [0.25, 0.3) is 10.7 Å². The number of aromatic nitrogens is 3. The van der Waals surface area contributed by atoms with Crippen LogP contribution in [-0.2, 0) is 4.79 Å². The van der Waals surface area contributed by atoms with Gasteiger partial charge in [-0.05, 0) is 24.4 Å². The van der Waals surface area contributed by atoms with Gasteiger partial charge in [-0.3, -0.25) is 4.79 Å². The molecule has 1 aliphatic rings. The maximum atomic E-state index is 12.3. The van der Waals surface area contributed by atoms with Gasteiger partial charge in [0.2, 0.25) is 11.9 Å². The van der Waals surface area contributed by atoms with E-state index in [1.807, 2.05) is 29.6 Å². The van der Waals surface area contributed by atoms with Crippen LogP contribution < -0.4 is 20.5 Å². The van der Waals surface area contributed by atoms with Crippen molar-refractivity contribution in [2.75, 3.05) is 19.5 Å². The van der Waals surface area contributed by atoms with Gasteiger partial charge in [0.05, 0.1) is 24.7 Å². The Morgan fingerprint density at radius 3 is 2.71 bits per heavy atom. The maximum absolute atomic E-state index is 12.3. The zero-order valence-electron chi connectivity index (χ0n) is 15.6. The van der Waals surface area contributed by atoms with Crippen LogP contribution in [0.1, 0.15) is 18.5 Å². The molecule has 0 unspecified atom stereocenters. The number of hydrogen-bond donors (Lipinski definition) is 2. The molecule has 1 amide bonds. The van der Waals surface area contributed by atoms with Crippen LogP contribution in [-0.4, -0.2) is 34.9 Å². The number of carbonyl (C=O) groups excluding carboxylic acids is 1. The van der Waals surface area contributed by atoms with E-state index in [0.29, 0.717) is 40.1 Å². The average Bonchev–Trinajstić information content (AvgIpc) is 3.35. The fourth-order valence-electron chi connectivity index (χ4n) is 3.40. The number of anilines is 1. The number of allylic oxidation sites excluding steroid dienone is 1. The largest absolute Gasteiger partial charge is 0.493 e. The van der Waals surface area contributed by atoms with Crippen molar-refractivity contribution in [2.24, 2.45) is 5.73 Å². The van der Waals surface area contributed by atoms with Crippen LogP contribution in [0.2, 0.25) is 0 Å². The second kappa shape index (κ2) is 7.01. The molecule has 1 aliphatic heterocycles. The summed E-state index contributed by atoms with van der Waals surface area (Å²) in [6, 6.07) is 8.79. The first-order valence-corrected chi connectivity index (χ1v) is 9.42. The second-order valence-corrected chi connectivity index (χ2v) is 7.14. The molecule has 0 radical (unpaired) electrons. The van der Waals surface area contributed by atoms with E-state index in [1.54, 1.807) is 43.2 Å². The van der Waals surface area contributed by atoms with Crippen molar-refractivity contribution >= 4 is 23.2 Å². The molecule has 0 saturated heterocycles. The number of thiophene rings is 1. The van der Waals surface area contributed by atoms with Crippen molar-refractivity contribution in [3.8, 4) is 22.2 Å². The van der Waals surface area contributed by atoms with Crippen molar-refractivity contribution in [3.05, 3.63) is 52.5 Å². The van der Waals surface area contributed by atoms with E-state index in [9.17, 15) is 4.79 Å². The summed E-state index contributed by atoms with van der Waals surface area (Å²) in [5, 5.41) is 9.77. The molecule has 0 saturated carbocycles. The Labute approximate surface area is 165 Å². The smallest absolute Gasteiger partial charge is 0.248 e. The number of benzene rings is 1. The summed E-state index contributed by atoms with van der Waals surface area (Å²) in [5.74, 6) is 1.63. The molecule has 8 nitrogen and oxygen atoms in total. The summed E-state index contributed by atoms with van der Waals surface area (Å²) in [4.78, 5) is 17.9. The highest BCUT2D eigenvalue weighted by atomic mass is 32.1. The summed E-state index contributed by atoms with van der Waals surface area (Å²) in [6.45, 7) is 1.79. The van der Waals surface area contributed by atoms with Crippen LogP contribution in [0, 0.1) is 0 Å². The Morgan fingerprint density at radius 2 is 2.07 bits per heavy atom. The highest BCUT2D eigenvalue weighted by Crippen LogP contribution is 2.43. The molecule has 0 aliphatic carbocycles. The van der Waals surface area contributed by atoms with Crippen molar-refractivity contribution in [3.63, 3.8) is 0 Å². The van der Waals surface area contributed by atoms with Crippen molar-refractivity contribution in [1.82, 2.24) is 14.8 Å². The highest BCUT2D eigenvalue weighted by Gasteiger charge is 2.35. The zero-order chi connectivity index (χ0) is 19.8. The highest BCUT2D eigenvalue weighted by molar-refractivity contribution is 7.13. The predicted octanol–water partition coefficient (Wildman–Crippen LogP) is 2.80. The molecule has 3 aromatic rings. The molecule has 2 aromatic heterocycles. The Balaban J connectivity index is 1.95. The van der Waals surface area contributed by atoms with Gasteiger partial charge < -0.3 is 20.5 Å². The fraction of sp³-hybridized carbons (Fsp3) is 0.211. The maximum Gasteiger partial charge on any atom is 0.248 e. The fourth-order valence-corrected chi connectivity index (χ4v) is 4.05. The zero-order valence-corrected chi connectivity index (χ0v) is 16.4. The lowest BCUT2D eigenvalue weighted by Gasteiger charge is -2.29. The SMILES string of the molecule is COc1cccc([C@H]2C(C(N)=O)=C(C)Nc3nc(-c4cccs4)nn32)c1OC. The van der Waals surface area contributed by atoms with Gasteiger partial charge in [0, 0.05) is 11.3 Å². The number of methoxy groups -OCH3 is 2. The third-order valence-corrected chi connectivity index (χ3v) is 5.45. The number of fused-ring (bicyclic) bond motifs is 1. The minimum absolute atomic E-state index is 0.390. The number of ether oxygens (including phenoxy) is 2. The van der Waals surface area contributed by atoms with Crippen LogP contribution in [0.5, 0.6) is 11.5 Å². The molecule has 1 aromatic carbocycles. The first-order valence-electron chi connectivity index (χ1n) is 8.54. The van der Waals surface area contributed by atoms with Crippen molar-refractivity contribution in [2.45, 2.75) is 13.0 Å². The van der Waals surface area contributed by atoms with E-state index in [1.165, 1.54) is 0 Å². The molecule has 144 valence electrons. The molecular formula is C19H19N5O3S. The Kier molecular flexibility index (Phi) is 4.52. The van der Waals surface area contributed by atoms with Gasteiger partial charge in [0.25, 0.3) is 0 Å². The third-order valence-electron chi connectivity index (χ3n) is 4.59. The minimum atomic E-state index is -0.597. The molecule has 4 rings (SSSR count). The quantitative estimate of drug-likeness (QED) is 0.686. The van der Waals surface area contributed by atoms with Gasteiger partial charge in [0.1, 0.15) is 6.04 Å². The number of primary amides is 1. The summed E-state index contributed by atoms with van der Waals surface area (Å²) in [5.41, 5.74) is 7.46. The first kappa shape index (κ1) is 18.1. The molecule has 0 fully saturated rings. The van der Waals surface area contributed by atoms with E-state index in [2.05, 4.69) is 15.4 Å². The number of nitrogens with zero attached hydrogens (tertiary/aromatic N) is 3. The van der Waals surface area contributed by atoms with Crippen LogP contribution >= 0.6 is 11.3 Å². The molecule has 3 N–H and O–H groups in total. The topological polar surface area (TPSA) is 104 Å². The lowest BCUT2D eigenvalue weighted by atomic mass is 9.94. The van der Waals surface area contributed by atoms with Gasteiger partial charge >= 0.3 is 0 Å². The van der Waals surface area contributed by atoms with E-state index >= 15 is 0 Å². The molecule has 3 heterocycles. The number of rotatable bonds is 5. The lowest BCUT2D eigenvalue weighted by molar-refractivity contribution is -0.115.